The number of amides is 2. The van der Waals surface area contributed by atoms with Crippen LogP contribution in [0.2, 0.25) is 0 Å². The Bertz CT molecular complexity index is 1240. The fraction of sp³-hybridized carbons (Fsp3) is 0.548. The van der Waals surface area contributed by atoms with Crippen molar-refractivity contribution in [3.05, 3.63) is 65.5 Å². The van der Waals surface area contributed by atoms with E-state index in [4.69, 9.17) is 0 Å². The largest absolute Gasteiger partial charge is 0.343 e. The Kier molecular flexibility index (Phi) is 10.4. The van der Waals surface area contributed by atoms with E-state index in [0.29, 0.717) is 32.4 Å². The van der Waals surface area contributed by atoms with Gasteiger partial charge in [0.25, 0.3) is 0 Å². The molecule has 2 fully saturated rings. The molecule has 1 saturated heterocycles. The van der Waals surface area contributed by atoms with Crippen molar-refractivity contribution < 1.29 is 22.4 Å². The van der Waals surface area contributed by atoms with Gasteiger partial charge in [-0.2, -0.15) is 4.31 Å². The first kappa shape index (κ1) is 30.2. The molecule has 0 N–H and O–H groups in total. The summed E-state index contributed by atoms with van der Waals surface area (Å²) in [6.07, 6.45) is 7.48. The summed E-state index contributed by atoms with van der Waals surface area (Å²) in [4.78, 5) is 30.4. The molecule has 218 valence electrons. The number of likely N-dealkylation sites (tertiary alicyclic amines) is 1. The molecule has 0 atom stereocenters. The molecule has 40 heavy (non-hydrogen) atoms. The van der Waals surface area contributed by atoms with E-state index in [2.05, 4.69) is 6.92 Å². The Labute approximate surface area is 238 Å². The van der Waals surface area contributed by atoms with Crippen LogP contribution in [0.15, 0.2) is 53.4 Å². The number of hydrogen-bond acceptors (Lipinski definition) is 4. The van der Waals surface area contributed by atoms with Crippen LogP contribution in [0.1, 0.15) is 75.8 Å². The van der Waals surface area contributed by atoms with Gasteiger partial charge in [0.15, 0.2) is 0 Å². The summed E-state index contributed by atoms with van der Waals surface area (Å²) in [5.74, 6) is -0.456. The number of hydrogen-bond donors (Lipinski definition) is 0. The second-order valence-electron chi connectivity index (χ2n) is 11.2. The van der Waals surface area contributed by atoms with Crippen molar-refractivity contribution in [1.82, 2.24) is 14.1 Å². The van der Waals surface area contributed by atoms with E-state index in [0.717, 1.165) is 49.7 Å². The molecule has 0 radical (unpaired) electrons. The van der Waals surface area contributed by atoms with Gasteiger partial charge in [0.05, 0.1) is 11.4 Å². The smallest absolute Gasteiger partial charge is 0.243 e. The number of nitrogens with zero attached hydrogens (tertiary/aromatic N) is 3. The van der Waals surface area contributed by atoms with Gasteiger partial charge in [-0.1, -0.05) is 56.0 Å². The molecule has 0 aromatic heterocycles. The molecule has 1 heterocycles. The van der Waals surface area contributed by atoms with Crippen LogP contribution in [0.3, 0.4) is 0 Å². The molecule has 4 rings (SSSR count). The van der Waals surface area contributed by atoms with E-state index in [-0.39, 0.29) is 47.7 Å². The second kappa shape index (κ2) is 13.7. The topological polar surface area (TPSA) is 78.0 Å². The highest BCUT2D eigenvalue weighted by molar-refractivity contribution is 7.89. The predicted octanol–water partition coefficient (Wildman–Crippen LogP) is 5.28. The molecule has 2 aromatic carbocycles. The molecule has 0 spiro atoms. The van der Waals surface area contributed by atoms with Gasteiger partial charge in [0.2, 0.25) is 21.8 Å². The summed E-state index contributed by atoms with van der Waals surface area (Å²) in [6.45, 7) is 5.21. The number of piperidine rings is 1. The third-order valence-corrected chi connectivity index (χ3v) is 9.87. The average molecular weight is 572 g/mol. The predicted molar refractivity (Wildman–Crippen MR) is 153 cm³/mol. The number of carbonyl (C=O) groups excluding carboxylic acids is 2. The second-order valence-corrected chi connectivity index (χ2v) is 13.1. The van der Waals surface area contributed by atoms with Gasteiger partial charge in [-0.25, -0.2) is 12.8 Å². The Morgan fingerprint density at radius 3 is 2.15 bits per heavy atom. The standard InChI is InChI=1S/C31H42FN3O4S/c1-3-4-5-6-7-30(36)33-20-18-27(19-21-33)34(22-25-10-12-26(32)13-11-25)31(37)23-35(28-14-15-28)40(38,39)29-16-8-24(2)9-17-29/h8-13,16-17,27-28H,3-7,14-15,18-23H2,1-2H3. The van der Waals surface area contributed by atoms with Gasteiger partial charge in [0, 0.05) is 38.1 Å². The van der Waals surface area contributed by atoms with Crippen LogP contribution < -0.4 is 0 Å². The molecule has 1 saturated carbocycles. The lowest BCUT2D eigenvalue weighted by molar-refractivity contribution is -0.137. The first-order valence-corrected chi connectivity index (χ1v) is 16.0. The van der Waals surface area contributed by atoms with E-state index in [9.17, 15) is 22.4 Å². The maximum Gasteiger partial charge on any atom is 0.243 e. The van der Waals surface area contributed by atoms with Crippen molar-refractivity contribution in [3.63, 3.8) is 0 Å². The lowest BCUT2D eigenvalue weighted by atomic mass is 10.0. The SMILES string of the molecule is CCCCCCC(=O)N1CCC(N(Cc2ccc(F)cc2)C(=O)CN(C2CC2)S(=O)(=O)c2ccc(C)cc2)CC1. The van der Waals surface area contributed by atoms with E-state index < -0.39 is 10.0 Å². The van der Waals surface area contributed by atoms with Crippen molar-refractivity contribution in [2.24, 2.45) is 0 Å². The van der Waals surface area contributed by atoms with Crippen LogP contribution in [-0.4, -0.2) is 66.1 Å². The number of benzene rings is 2. The van der Waals surface area contributed by atoms with Gasteiger partial charge in [-0.3, -0.25) is 9.59 Å². The molecule has 0 bridgehead atoms. The van der Waals surface area contributed by atoms with E-state index in [1.807, 2.05) is 11.8 Å². The van der Waals surface area contributed by atoms with Crippen LogP contribution in [0, 0.1) is 12.7 Å². The zero-order valence-corrected chi connectivity index (χ0v) is 24.5. The lowest BCUT2D eigenvalue weighted by Crippen LogP contribution is -2.51. The number of sulfonamides is 1. The molecular formula is C31H42FN3O4S. The molecule has 9 heteroatoms. The monoisotopic (exact) mass is 571 g/mol. The quantitative estimate of drug-likeness (QED) is 0.307. The van der Waals surface area contributed by atoms with Crippen LogP contribution >= 0.6 is 0 Å². The first-order chi connectivity index (χ1) is 19.2. The van der Waals surface area contributed by atoms with Crippen LogP contribution in [0.5, 0.6) is 0 Å². The summed E-state index contributed by atoms with van der Waals surface area (Å²) < 4.78 is 42.1. The van der Waals surface area contributed by atoms with E-state index >= 15 is 0 Å². The first-order valence-electron chi connectivity index (χ1n) is 14.6. The summed E-state index contributed by atoms with van der Waals surface area (Å²) in [6, 6.07) is 12.5. The number of unbranched alkanes of at least 4 members (excludes halogenated alkanes) is 3. The normalized spacial score (nSPS) is 16.4. The van der Waals surface area contributed by atoms with Gasteiger partial charge >= 0.3 is 0 Å². The fourth-order valence-electron chi connectivity index (χ4n) is 5.34. The highest BCUT2D eigenvalue weighted by Gasteiger charge is 2.41. The molecule has 2 aromatic rings. The van der Waals surface area contributed by atoms with Crippen LogP contribution in [-0.2, 0) is 26.2 Å². The van der Waals surface area contributed by atoms with Crippen molar-refractivity contribution >= 4 is 21.8 Å². The minimum Gasteiger partial charge on any atom is -0.343 e. The number of halogens is 1. The van der Waals surface area contributed by atoms with Crippen molar-refractivity contribution in [2.75, 3.05) is 19.6 Å². The van der Waals surface area contributed by atoms with Crippen molar-refractivity contribution in [2.45, 2.75) is 95.2 Å². The Balaban J connectivity index is 1.48. The molecule has 0 unspecified atom stereocenters. The van der Waals surface area contributed by atoms with Crippen LogP contribution in [0.25, 0.3) is 0 Å². The van der Waals surface area contributed by atoms with Gasteiger partial charge in [0.1, 0.15) is 5.82 Å². The average Bonchev–Trinajstić information content (AvgIpc) is 3.79. The zero-order valence-electron chi connectivity index (χ0n) is 23.7. The summed E-state index contributed by atoms with van der Waals surface area (Å²) in [7, 11) is -3.84. The maximum absolute atomic E-state index is 13.9. The minimum absolute atomic E-state index is 0.134. The summed E-state index contributed by atoms with van der Waals surface area (Å²) >= 11 is 0. The van der Waals surface area contributed by atoms with Gasteiger partial charge in [-0.05, 0) is 68.9 Å². The van der Waals surface area contributed by atoms with Crippen molar-refractivity contribution in [1.29, 1.82) is 0 Å². The fourth-order valence-corrected chi connectivity index (χ4v) is 6.97. The van der Waals surface area contributed by atoms with Gasteiger partial charge in [-0.15, -0.1) is 0 Å². The Hall–Kier alpha value is -2.78. The number of aryl methyl sites for hydroxylation is 1. The zero-order chi connectivity index (χ0) is 28.7. The van der Waals surface area contributed by atoms with E-state index in [1.54, 1.807) is 41.3 Å². The summed E-state index contributed by atoms with van der Waals surface area (Å²) in [5.41, 5.74) is 1.74. The minimum atomic E-state index is -3.84. The Morgan fingerprint density at radius 1 is 0.900 bits per heavy atom. The third kappa shape index (κ3) is 7.91. The van der Waals surface area contributed by atoms with E-state index in [1.165, 1.54) is 16.4 Å². The molecule has 1 aliphatic carbocycles. The number of rotatable bonds is 13. The molecular weight excluding hydrogens is 529 g/mol. The lowest BCUT2D eigenvalue weighted by Gasteiger charge is -2.39. The Morgan fingerprint density at radius 2 is 1.55 bits per heavy atom. The number of carbonyl (C=O) groups is 2. The third-order valence-electron chi connectivity index (χ3n) is 7.96. The molecule has 2 aliphatic rings. The highest BCUT2D eigenvalue weighted by atomic mass is 32.2. The molecule has 2 amide bonds. The van der Waals surface area contributed by atoms with Crippen LogP contribution in [0.4, 0.5) is 4.39 Å². The van der Waals surface area contributed by atoms with Crippen molar-refractivity contribution in [3.8, 4) is 0 Å². The summed E-state index contributed by atoms with van der Waals surface area (Å²) in [5, 5.41) is 0. The maximum atomic E-state index is 13.9. The molecule has 7 nitrogen and oxygen atoms in total. The molecule has 1 aliphatic heterocycles. The van der Waals surface area contributed by atoms with Gasteiger partial charge < -0.3 is 9.80 Å². The highest BCUT2D eigenvalue weighted by Crippen LogP contribution is 2.32.